The van der Waals surface area contributed by atoms with Gasteiger partial charge in [0.2, 0.25) is 0 Å². The minimum Gasteiger partial charge on any atom is -1.00 e. The molecule has 0 radical (unpaired) electrons. The molecule has 1 unspecified atom stereocenters. The standard InChI is InChI=1S/C3H10N2.4C2H4O2.Na.H/c1-3(5)2-4;4*1-2(3)4;;/h3H,2,4-5H2,1H3;4*1H3,(H,3,4);;/q;;;;;+1;-1. The Hall–Kier alpha value is -1.20. The van der Waals surface area contributed by atoms with Crippen molar-refractivity contribution in [3.8, 4) is 0 Å². The van der Waals surface area contributed by atoms with Crippen LogP contribution in [0.3, 0.4) is 0 Å². The van der Waals surface area contributed by atoms with Crippen LogP contribution in [-0.4, -0.2) is 56.9 Å². The van der Waals surface area contributed by atoms with Gasteiger partial charge in [-0.1, -0.05) is 0 Å². The molecule has 0 bridgehead atoms. The van der Waals surface area contributed by atoms with Crippen molar-refractivity contribution in [1.82, 2.24) is 0 Å². The third kappa shape index (κ3) is 9310. The SMILES string of the molecule is CC(=O)O.CC(=O)O.CC(=O)O.CC(=O)O.CC(N)CN.[H-].[Na+]. The van der Waals surface area contributed by atoms with Gasteiger partial charge in [-0.15, -0.1) is 0 Å². The molecule has 11 heteroatoms. The molecule has 0 amide bonds. The number of hydrogen-bond donors (Lipinski definition) is 6. The fraction of sp³-hybridized carbons (Fsp3) is 0.636. The van der Waals surface area contributed by atoms with Crippen LogP contribution in [0.1, 0.15) is 36.0 Å². The molecule has 0 spiro atoms. The van der Waals surface area contributed by atoms with Gasteiger partial charge in [0, 0.05) is 40.3 Å². The van der Waals surface area contributed by atoms with Crippen molar-refractivity contribution in [2.45, 2.75) is 40.7 Å². The number of aliphatic carboxylic acids is 4. The van der Waals surface area contributed by atoms with E-state index in [0.717, 1.165) is 27.7 Å². The van der Waals surface area contributed by atoms with Crippen molar-refractivity contribution in [1.29, 1.82) is 0 Å². The first-order chi connectivity index (χ1) is 9.20. The van der Waals surface area contributed by atoms with Gasteiger partial charge in [0.05, 0.1) is 0 Å². The van der Waals surface area contributed by atoms with Crippen LogP contribution in [0.25, 0.3) is 0 Å². The summed E-state index contributed by atoms with van der Waals surface area (Å²) in [6.07, 6.45) is 0. The van der Waals surface area contributed by atoms with E-state index >= 15 is 0 Å². The van der Waals surface area contributed by atoms with Gasteiger partial charge < -0.3 is 33.3 Å². The summed E-state index contributed by atoms with van der Waals surface area (Å²) in [7, 11) is 0. The molecule has 0 aromatic heterocycles. The fourth-order valence-electron chi connectivity index (χ4n) is 0. The molecular weight excluding hydrogens is 311 g/mol. The number of rotatable bonds is 1. The third-order valence-corrected chi connectivity index (χ3v) is 0.372. The minimum absolute atomic E-state index is 0. The number of hydrogen-bond acceptors (Lipinski definition) is 6. The molecule has 0 rings (SSSR count). The normalized spacial score (nSPS) is 7.95. The minimum atomic E-state index is -0.833. The molecule has 0 fully saturated rings. The summed E-state index contributed by atoms with van der Waals surface area (Å²) in [5.41, 5.74) is 10.2. The molecule has 0 aliphatic heterocycles. The van der Waals surface area contributed by atoms with Crippen LogP contribution in [0.2, 0.25) is 0 Å². The van der Waals surface area contributed by atoms with Gasteiger partial charge in [-0.3, -0.25) is 19.2 Å². The van der Waals surface area contributed by atoms with E-state index in [1.807, 2.05) is 6.92 Å². The molecule has 0 aliphatic rings. The van der Waals surface area contributed by atoms with E-state index in [1.54, 1.807) is 0 Å². The summed E-state index contributed by atoms with van der Waals surface area (Å²) >= 11 is 0. The number of carbonyl (C=O) groups is 4. The molecule has 0 aliphatic carbocycles. The van der Waals surface area contributed by atoms with E-state index in [4.69, 9.17) is 51.1 Å². The molecule has 0 saturated heterocycles. The predicted octanol–water partition coefficient (Wildman–Crippen LogP) is -3.23. The van der Waals surface area contributed by atoms with E-state index in [2.05, 4.69) is 0 Å². The summed E-state index contributed by atoms with van der Waals surface area (Å²) in [5.74, 6) is -3.33. The van der Waals surface area contributed by atoms with E-state index in [1.165, 1.54) is 0 Å². The Morgan fingerprint density at radius 1 is 0.818 bits per heavy atom. The summed E-state index contributed by atoms with van der Waals surface area (Å²) in [6.45, 7) is 6.79. The number of carboxylic acid groups (broad SMARTS) is 4. The van der Waals surface area contributed by atoms with Crippen LogP contribution >= 0.6 is 0 Å². The van der Waals surface area contributed by atoms with Crippen LogP contribution < -0.4 is 41.0 Å². The molecule has 0 saturated carbocycles. The summed E-state index contributed by atoms with van der Waals surface area (Å²) < 4.78 is 0. The Bertz CT molecular complexity index is 227. The first kappa shape index (κ1) is 37.2. The van der Waals surface area contributed by atoms with Gasteiger partial charge in [-0.2, -0.15) is 0 Å². The van der Waals surface area contributed by atoms with Crippen LogP contribution in [0.4, 0.5) is 0 Å². The average Bonchev–Trinajstić information content (AvgIpc) is 2.13. The number of nitrogens with two attached hydrogens (primary N) is 2. The molecule has 130 valence electrons. The van der Waals surface area contributed by atoms with E-state index < -0.39 is 23.9 Å². The second-order valence-electron chi connectivity index (χ2n) is 3.29. The smallest absolute Gasteiger partial charge is 1.00 e. The first-order valence-corrected chi connectivity index (χ1v) is 5.44. The van der Waals surface area contributed by atoms with Gasteiger partial charge in [-0.25, -0.2) is 0 Å². The van der Waals surface area contributed by atoms with Crippen LogP contribution in [0.5, 0.6) is 0 Å². The average molecular weight is 338 g/mol. The van der Waals surface area contributed by atoms with Crippen molar-refractivity contribution >= 4 is 23.9 Å². The molecule has 0 aromatic carbocycles. The van der Waals surface area contributed by atoms with E-state index in [0.29, 0.717) is 6.54 Å². The zero-order valence-electron chi connectivity index (χ0n) is 14.9. The Morgan fingerprint density at radius 3 is 0.864 bits per heavy atom. The Kier molecular flexibility index (Phi) is 54.1. The zero-order valence-corrected chi connectivity index (χ0v) is 15.9. The van der Waals surface area contributed by atoms with Crippen molar-refractivity contribution in [3.63, 3.8) is 0 Å². The van der Waals surface area contributed by atoms with Crippen LogP contribution in [0, 0.1) is 0 Å². The summed E-state index contributed by atoms with van der Waals surface area (Å²) in [5, 5.41) is 29.7. The van der Waals surface area contributed by atoms with Crippen LogP contribution in [0.15, 0.2) is 0 Å². The Balaban J connectivity index is -0.0000000273. The Morgan fingerprint density at radius 2 is 0.864 bits per heavy atom. The monoisotopic (exact) mass is 338 g/mol. The second-order valence-corrected chi connectivity index (χ2v) is 3.29. The summed E-state index contributed by atoms with van der Waals surface area (Å²) in [4.78, 5) is 36.0. The van der Waals surface area contributed by atoms with Crippen molar-refractivity contribution in [2.75, 3.05) is 6.54 Å². The second kappa shape index (κ2) is 31.9. The maximum Gasteiger partial charge on any atom is 1.00 e. The molecule has 22 heavy (non-hydrogen) atoms. The maximum atomic E-state index is 9.00. The van der Waals surface area contributed by atoms with Gasteiger partial charge >= 0.3 is 29.6 Å². The molecule has 0 heterocycles. The predicted molar refractivity (Wildman–Crippen MR) is 77.1 cm³/mol. The quantitative estimate of drug-likeness (QED) is 0.264. The van der Waals surface area contributed by atoms with Crippen molar-refractivity contribution in [3.05, 3.63) is 0 Å². The van der Waals surface area contributed by atoms with Crippen molar-refractivity contribution in [2.24, 2.45) is 11.5 Å². The van der Waals surface area contributed by atoms with Crippen LogP contribution in [-0.2, 0) is 19.2 Å². The maximum absolute atomic E-state index is 9.00. The largest absolute Gasteiger partial charge is 1.00 e. The summed E-state index contributed by atoms with van der Waals surface area (Å²) in [6, 6.07) is 0.162. The first-order valence-electron chi connectivity index (χ1n) is 5.44. The van der Waals surface area contributed by atoms with Gasteiger partial charge in [-0.05, 0) is 6.92 Å². The van der Waals surface area contributed by atoms with Gasteiger partial charge in [0.1, 0.15) is 0 Å². The fourth-order valence-corrected chi connectivity index (χ4v) is 0. The van der Waals surface area contributed by atoms with Gasteiger partial charge in [0.15, 0.2) is 0 Å². The molecule has 8 N–H and O–H groups in total. The molecule has 0 aromatic rings. The van der Waals surface area contributed by atoms with E-state index in [-0.39, 0.29) is 37.0 Å². The molecule has 10 nitrogen and oxygen atoms in total. The zero-order chi connectivity index (χ0) is 18.6. The third-order valence-electron chi connectivity index (χ3n) is 0.372. The van der Waals surface area contributed by atoms with Crippen molar-refractivity contribution < 1.29 is 70.6 Å². The number of carboxylic acids is 4. The topological polar surface area (TPSA) is 201 Å². The van der Waals surface area contributed by atoms with Gasteiger partial charge in [0.25, 0.3) is 23.9 Å². The van der Waals surface area contributed by atoms with E-state index in [9.17, 15) is 0 Å². The molecule has 1 atom stereocenters. The Labute approximate surface area is 153 Å². The molecular formula is C11H27N2NaO8.